The second-order valence-corrected chi connectivity index (χ2v) is 7.07. The molecule has 2 rings (SSSR count). The molecule has 0 aliphatic carbocycles. The lowest BCUT2D eigenvalue weighted by molar-refractivity contribution is -0.146. The minimum absolute atomic E-state index is 0.103. The number of carbonyl (C=O) groups excluding carboxylic acids is 1. The van der Waals surface area contributed by atoms with Crippen LogP contribution in [0.2, 0.25) is 0 Å². The van der Waals surface area contributed by atoms with Crippen LogP contribution < -0.4 is 4.74 Å². The summed E-state index contributed by atoms with van der Waals surface area (Å²) in [4.78, 5) is 18.7. The molecule has 6 heteroatoms. The number of pyridine rings is 1. The maximum Gasteiger partial charge on any atom is 0.266 e. The van der Waals surface area contributed by atoms with E-state index < -0.39 is 5.60 Å². The van der Waals surface area contributed by atoms with E-state index in [2.05, 4.69) is 4.98 Å². The van der Waals surface area contributed by atoms with E-state index in [0.717, 1.165) is 11.1 Å². The molecular formula is C23H30N2O4. The molecule has 1 aromatic heterocycles. The van der Waals surface area contributed by atoms with Gasteiger partial charge < -0.3 is 19.1 Å². The minimum Gasteiger partial charge on any atom is -0.478 e. The summed E-state index contributed by atoms with van der Waals surface area (Å²) in [5, 5.41) is 0. The van der Waals surface area contributed by atoms with Gasteiger partial charge in [-0.1, -0.05) is 24.3 Å². The standard InChI is InChI=1S/C23H30N2O4/c1-23(2,22(26)25(15-17-27-3)16-18-28-4)29-21-9-7-19(8-10-21)5-6-20-11-13-24-14-12-20/h5-14H,15-18H2,1-4H3/b6-5+. The predicted octanol–water partition coefficient (Wildman–Crippen LogP) is 3.53. The molecule has 0 N–H and O–H groups in total. The van der Waals surface area contributed by atoms with E-state index >= 15 is 0 Å². The summed E-state index contributed by atoms with van der Waals surface area (Å²) in [6.07, 6.45) is 7.57. The third-order valence-electron chi connectivity index (χ3n) is 4.36. The van der Waals surface area contributed by atoms with Crippen LogP contribution in [0, 0.1) is 0 Å². The quantitative estimate of drug-likeness (QED) is 0.579. The van der Waals surface area contributed by atoms with E-state index in [1.807, 2.05) is 48.6 Å². The Balaban J connectivity index is 2.02. The van der Waals surface area contributed by atoms with Gasteiger partial charge in [-0.15, -0.1) is 0 Å². The van der Waals surface area contributed by atoms with E-state index in [0.29, 0.717) is 32.1 Å². The molecular weight excluding hydrogens is 368 g/mol. The number of benzene rings is 1. The van der Waals surface area contributed by atoms with Crippen molar-refractivity contribution in [1.29, 1.82) is 0 Å². The number of amides is 1. The van der Waals surface area contributed by atoms with Crippen LogP contribution >= 0.6 is 0 Å². The number of hydrogen-bond acceptors (Lipinski definition) is 5. The lowest BCUT2D eigenvalue weighted by Crippen LogP contribution is -2.50. The first-order valence-corrected chi connectivity index (χ1v) is 9.60. The molecule has 0 fully saturated rings. The molecule has 156 valence electrons. The molecule has 2 aromatic rings. The van der Waals surface area contributed by atoms with Gasteiger partial charge in [-0.25, -0.2) is 0 Å². The SMILES string of the molecule is COCCN(CCOC)C(=O)C(C)(C)Oc1ccc(/C=C/c2ccncc2)cc1. The Morgan fingerprint density at radius 3 is 1.97 bits per heavy atom. The molecule has 1 heterocycles. The third kappa shape index (κ3) is 7.33. The first-order valence-electron chi connectivity index (χ1n) is 9.60. The topological polar surface area (TPSA) is 60.9 Å². The molecule has 0 aliphatic heterocycles. The molecule has 0 atom stereocenters. The molecule has 1 aromatic carbocycles. The number of nitrogens with zero attached hydrogens (tertiary/aromatic N) is 2. The number of aromatic nitrogens is 1. The van der Waals surface area contributed by atoms with E-state index in [1.165, 1.54) is 0 Å². The largest absolute Gasteiger partial charge is 0.478 e. The molecule has 0 unspecified atom stereocenters. The van der Waals surface area contributed by atoms with Crippen LogP contribution in [0.3, 0.4) is 0 Å². The number of carbonyl (C=O) groups is 1. The van der Waals surface area contributed by atoms with Crippen LogP contribution in [0.1, 0.15) is 25.0 Å². The first-order chi connectivity index (χ1) is 14.0. The van der Waals surface area contributed by atoms with E-state index in [1.54, 1.807) is 45.4 Å². The van der Waals surface area contributed by atoms with Crippen molar-refractivity contribution in [1.82, 2.24) is 9.88 Å². The molecule has 0 radical (unpaired) electrons. The lowest BCUT2D eigenvalue weighted by atomic mass is 10.1. The summed E-state index contributed by atoms with van der Waals surface area (Å²) >= 11 is 0. The number of hydrogen-bond donors (Lipinski definition) is 0. The number of ether oxygens (including phenoxy) is 3. The predicted molar refractivity (Wildman–Crippen MR) is 115 cm³/mol. The average molecular weight is 399 g/mol. The van der Waals surface area contributed by atoms with Crippen LogP contribution in [0.5, 0.6) is 5.75 Å². The second-order valence-electron chi connectivity index (χ2n) is 7.07. The molecule has 6 nitrogen and oxygen atoms in total. The highest BCUT2D eigenvalue weighted by molar-refractivity contribution is 5.85. The summed E-state index contributed by atoms with van der Waals surface area (Å²) in [7, 11) is 3.23. The van der Waals surface area contributed by atoms with Gasteiger partial charge in [-0.05, 0) is 49.2 Å². The average Bonchev–Trinajstić information content (AvgIpc) is 2.73. The van der Waals surface area contributed by atoms with Crippen molar-refractivity contribution in [2.24, 2.45) is 0 Å². The highest BCUT2D eigenvalue weighted by Gasteiger charge is 2.34. The zero-order valence-corrected chi connectivity index (χ0v) is 17.6. The third-order valence-corrected chi connectivity index (χ3v) is 4.36. The monoisotopic (exact) mass is 398 g/mol. The van der Waals surface area contributed by atoms with E-state index in [4.69, 9.17) is 14.2 Å². The molecule has 29 heavy (non-hydrogen) atoms. The molecule has 0 bridgehead atoms. The fraction of sp³-hybridized carbons (Fsp3) is 0.391. The van der Waals surface area contributed by atoms with Gasteiger partial charge in [-0.2, -0.15) is 0 Å². The Kier molecular flexibility index (Phi) is 8.83. The maximum absolute atomic E-state index is 13.0. The Morgan fingerprint density at radius 1 is 0.931 bits per heavy atom. The van der Waals surface area contributed by atoms with Crippen LogP contribution in [0.25, 0.3) is 12.2 Å². The molecule has 0 saturated heterocycles. The van der Waals surface area contributed by atoms with Crippen molar-refractivity contribution in [2.45, 2.75) is 19.4 Å². The Labute approximate surface area is 173 Å². The van der Waals surface area contributed by atoms with Gasteiger partial charge in [0, 0.05) is 39.7 Å². The zero-order chi connectivity index (χ0) is 21.1. The first kappa shape index (κ1) is 22.6. The Hall–Kier alpha value is -2.70. The van der Waals surface area contributed by atoms with Crippen LogP contribution in [-0.2, 0) is 14.3 Å². The van der Waals surface area contributed by atoms with Gasteiger partial charge in [0.2, 0.25) is 0 Å². The lowest BCUT2D eigenvalue weighted by Gasteiger charge is -2.32. The van der Waals surface area contributed by atoms with E-state index in [9.17, 15) is 4.79 Å². The van der Waals surface area contributed by atoms with Crippen LogP contribution in [-0.4, -0.2) is 61.9 Å². The highest BCUT2D eigenvalue weighted by Crippen LogP contribution is 2.22. The van der Waals surface area contributed by atoms with Crippen LogP contribution in [0.4, 0.5) is 0 Å². The summed E-state index contributed by atoms with van der Waals surface area (Å²) in [6.45, 7) is 5.46. The summed E-state index contributed by atoms with van der Waals surface area (Å²) in [5.41, 5.74) is 1.12. The summed E-state index contributed by atoms with van der Waals surface area (Å²) < 4.78 is 16.2. The summed E-state index contributed by atoms with van der Waals surface area (Å²) in [6, 6.07) is 11.6. The maximum atomic E-state index is 13.0. The molecule has 0 spiro atoms. The van der Waals surface area contributed by atoms with Crippen molar-refractivity contribution in [3.63, 3.8) is 0 Å². The van der Waals surface area contributed by atoms with Gasteiger partial charge in [-0.3, -0.25) is 9.78 Å². The molecule has 0 saturated carbocycles. The number of rotatable bonds is 11. The zero-order valence-electron chi connectivity index (χ0n) is 17.6. The fourth-order valence-corrected chi connectivity index (χ4v) is 2.75. The molecule has 0 aliphatic rings. The van der Waals surface area contributed by atoms with Crippen LogP contribution in [0.15, 0.2) is 48.8 Å². The van der Waals surface area contributed by atoms with Gasteiger partial charge in [0.05, 0.1) is 13.2 Å². The fourth-order valence-electron chi connectivity index (χ4n) is 2.75. The minimum atomic E-state index is -1.00. The van der Waals surface area contributed by atoms with Crippen molar-refractivity contribution < 1.29 is 19.0 Å². The van der Waals surface area contributed by atoms with Crippen molar-refractivity contribution in [2.75, 3.05) is 40.5 Å². The normalized spacial score (nSPS) is 11.6. The Morgan fingerprint density at radius 2 is 1.45 bits per heavy atom. The van der Waals surface area contributed by atoms with Gasteiger partial charge in [0.15, 0.2) is 5.60 Å². The Bertz CT molecular complexity index is 765. The van der Waals surface area contributed by atoms with Crippen molar-refractivity contribution >= 4 is 18.1 Å². The smallest absolute Gasteiger partial charge is 0.266 e. The van der Waals surface area contributed by atoms with Gasteiger partial charge in [0.1, 0.15) is 5.75 Å². The number of methoxy groups -OCH3 is 2. The molecule has 1 amide bonds. The highest BCUT2D eigenvalue weighted by atomic mass is 16.5. The van der Waals surface area contributed by atoms with E-state index in [-0.39, 0.29) is 5.91 Å². The van der Waals surface area contributed by atoms with Gasteiger partial charge >= 0.3 is 0 Å². The van der Waals surface area contributed by atoms with Crippen molar-refractivity contribution in [3.8, 4) is 5.75 Å². The van der Waals surface area contributed by atoms with Crippen molar-refractivity contribution in [3.05, 3.63) is 59.9 Å². The van der Waals surface area contributed by atoms with Gasteiger partial charge in [0.25, 0.3) is 5.91 Å². The summed E-state index contributed by atoms with van der Waals surface area (Å²) in [5.74, 6) is 0.538. The second kappa shape index (κ2) is 11.3.